The van der Waals surface area contributed by atoms with Gasteiger partial charge in [0.2, 0.25) is 0 Å². The third kappa shape index (κ3) is 4.02. The van der Waals surface area contributed by atoms with Crippen LogP contribution in [0.5, 0.6) is 5.75 Å². The fraction of sp³-hybridized carbons (Fsp3) is 0.632. The van der Waals surface area contributed by atoms with Crippen LogP contribution < -0.4 is 4.74 Å². The van der Waals surface area contributed by atoms with E-state index in [1.807, 2.05) is 24.0 Å². The van der Waals surface area contributed by atoms with Crippen molar-refractivity contribution in [1.29, 1.82) is 0 Å². The largest absolute Gasteiger partial charge is 0.481 e. The van der Waals surface area contributed by atoms with Crippen molar-refractivity contribution in [3.8, 4) is 5.75 Å². The van der Waals surface area contributed by atoms with Gasteiger partial charge in [0.1, 0.15) is 5.75 Å². The molecule has 1 unspecified atom stereocenters. The van der Waals surface area contributed by atoms with Crippen LogP contribution in [-0.2, 0) is 4.79 Å². The van der Waals surface area contributed by atoms with Gasteiger partial charge in [-0.3, -0.25) is 4.79 Å². The van der Waals surface area contributed by atoms with Crippen LogP contribution in [0.2, 0.25) is 0 Å². The molecule has 1 aromatic rings. The Morgan fingerprint density at radius 1 is 1.23 bits per heavy atom. The maximum Gasteiger partial charge on any atom is 0.263 e. The number of carbonyl (C=O) groups is 1. The summed E-state index contributed by atoms with van der Waals surface area (Å²) in [6.07, 6.45) is 1.78. The van der Waals surface area contributed by atoms with Crippen molar-refractivity contribution in [2.24, 2.45) is 5.92 Å². The molecule has 0 bridgehead atoms. The standard InChI is InChI=1S/C19H29NO2/c1-13(2)18-7-6-17(12-15(18)4)22-16(5)19(21)20-10-8-14(3)9-11-20/h6-7,12-14,16H,8-11H2,1-5H3. The SMILES string of the molecule is Cc1cc(OC(C)C(=O)N2CCC(C)CC2)ccc1C(C)C. The van der Waals surface area contributed by atoms with Crippen molar-refractivity contribution in [2.75, 3.05) is 13.1 Å². The van der Waals surface area contributed by atoms with Gasteiger partial charge in [0.25, 0.3) is 5.91 Å². The maximum atomic E-state index is 12.5. The van der Waals surface area contributed by atoms with E-state index in [2.05, 4.69) is 33.8 Å². The lowest BCUT2D eigenvalue weighted by Gasteiger charge is -2.32. The molecule has 2 rings (SSSR count). The minimum Gasteiger partial charge on any atom is -0.481 e. The van der Waals surface area contributed by atoms with E-state index in [0.29, 0.717) is 5.92 Å². The maximum absolute atomic E-state index is 12.5. The molecule has 0 spiro atoms. The van der Waals surface area contributed by atoms with Crippen molar-refractivity contribution >= 4 is 5.91 Å². The lowest BCUT2D eigenvalue weighted by molar-refractivity contribution is -0.139. The normalized spacial score (nSPS) is 17.6. The molecule has 1 fully saturated rings. The van der Waals surface area contributed by atoms with E-state index in [9.17, 15) is 4.79 Å². The van der Waals surface area contributed by atoms with Crippen LogP contribution in [-0.4, -0.2) is 30.0 Å². The highest BCUT2D eigenvalue weighted by atomic mass is 16.5. The first-order valence-corrected chi connectivity index (χ1v) is 8.44. The van der Waals surface area contributed by atoms with E-state index < -0.39 is 6.10 Å². The third-order valence-electron chi connectivity index (χ3n) is 4.62. The molecule has 122 valence electrons. The number of hydrogen-bond acceptors (Lipinski definition) is 2. The topological polar surface area (TPSA) is 29.5 Å². The molecule has 1 saturated heterocycles. The van der Waals surface area contributed by atoms with Crippen LogP contribution >= 0.6 is 0 Å². The molecular formula is C19H29NO2. The smallest absolute Gasteiger partial charge is 0.263 e. The first kappa shape index (κ1) is 16.9. The second kappa shape index (κ2) is 7.17. The van der Waals surface area contributed by atoms with Crippen LogP contribution in [0.25, 0.3) is 0 Å². The lowest BCUT2D eigenvalue weighted by Crippen LogP contribution is -2.44. The molecule has 1 amide bonds. The fourth-order valence-corrected chi connectivity index (χ4v) is 3.11. The summed E-state index contributed by atoms with van der Waals surface area (Å²) < 4.78 is 5.88. The van der Waals surface area contributed by atoms with E-state index in [4.69, 9.17) is 4.74 Å². The second-order valence-corrected chi connectivity index (χ2v) is 6.94. The number of benzene rings is 1. The summed E-state index contributed by atoms with van der Waals surface area (Å²) in [4.78, 5) is 14.4. The molecule has 0 aromatic heterocycles. The molecule has 1 atom stereocenters. The minimum atomic E-state index is -0.419. The number of piperidine rings is 1. The van der Waals surface area contributed by atoms with Crippen molar-refractivity contribution in [3.63, 3.8) is 0 Å². The Morgan fingerprint density at radius 2 is 1.86 bits per heavy atom. The zero-order valence-electron chi connectivity index (χ0n) is 14.6. The predicted octanol–water partition coefficient (Wildman–Crippen LogP) is 4.14. The van der Waals surface area contributed by atoms with Gasteiger partial charge in [-0.15, -0.1) is 0 Å². The first-order chi connectivity index (χ1) is 10.4. The van der Waals surface area contributed by atoms with Gasteiger partial charge in [-0.05, 0) is 61.8 Å². The van der Waals surface area contributed by atoms with E-state index in [1.54, 1.807) is 0 Å². The van der Waals surface area contributed by atoms with Gasteiger partial charge in [-0.2, -0.15) is 0 Å². The van der Waals surface area contributed by atoms with Crippen LogP contribution in [0.15, 0.2) is 18.2 Å². The van der Waals surface area contributed by atoms with Gasteiger partial charge in [-0.25, -0.2) is 0 Å². The average molecular weight is 303 g/mol. The number of aryl methyl sites for hydroxylation is 1. The van der Waals surface area contributed by atoms with E-state index in [1.165, 1.54) is 11.1 Å². The van der Waals surface area contributed by atoms with Gasteiger partial charge in [0.15, 0.2) is 6.10 Å². The number of rotatable bonds is 4. The van der Waals surface area contributed by atoms with Crippen molar-refractivity contribution in [3.05, 3.63) is 29.3 Å². The molecule has 1 aliphatic heterocycles. The summed E-state index contributed by atoms with van der Waals surface area (Å²) in [5.41, 5.74) is 2.55. The summed E-state index contributed by atoms with van der Waals surface area (Å²) in [6.45, 7) is 12.3. The summed E-state index contributed by atoms with van der Waals surface area (Å²) in [6, 6.07) is 6.12. The van der Waals surface area contributed by atoms with Crippen LogP contribution in [0.3, 0.4) is 0 Å². The number of hydrogen-bond donors (Lipinski definition) is 0. The monoisotopic (exact) mass is 303 g/mol. The number of nitrogens with zero attached hydrogens (tertiary/aromatic N) is 1. The molecular weight excluding hydrogens is 274 g/mol. The molecule has 1 aromatic carbocycles. The Bertz CT molecular complexity index is 516. The average Bonchev–Trinajstić information content (AvgIpc) is 2.47. The molecule has 3 heteroatoms. The highest BCUT2D eigenvalue weighted by Gasteiger charge is 2.25. The number of ether oxygens (including phenoxy) is 1. The third-order valence-corrected chi connectivity index (χ3v) is 4.62. The van der Waals surface area contributed by atoms with Gasteiger partial charge >= 0.3 is 0 Å². The highest BCUT2D eigenvalue weighted by Crippen LogP contribution is 2.24. The molecule has 1 aliphatic rings. The van der Waals surface area contributed by atoms with Gasteiger partial charge in [-0.1, -0.05) is 26.8 Å². The molecule has 22 heavy (non-hydrogen) atoms. The van der Waals surface area contributed by atoms with Gasteiger partial charge in [0, 0.05) is 13.1 Å². The van der Waals surface area contributed by atoms with Gasteiger partial charge < -0.3 is 9.64 Å². The van der Waals surface area contributed by atoms with Crippen LogP contribution in [0, 0.1) is 12.8 Å². The quantitative estimate of drug-likeness (QED) is 0.836. The van der Waals surface area contributed by atoms with Crippen molar-refractivity contribution in [1.82, 2.24) is 4.90 Å². The van der Waals surface area contributed by atoms with E-state index in [-0.39, 0.29) is 5.91 Å². The number of likely N-dealkylation sites (tertiary alicyclic amines) is 1. The van der Waals surface area contributed by atoms with Crippen LogP contribution in [0.4, 0.5) is 0 Å². The van der Waals surface area contributed by atoms with Crippen molar-refractivity contribution in [2.45, 2.75) is 59.5 Å². The fourth-order valence-electron chi connectivity index (χ4n) is 3.11. The minimum absolute atomic E-state index is 0.109. The lowest BCUT2D eigenvalue weighted by atomic mass is 9.98. The predicted molar refractivity (Wildman–Crippen MR) is 90.3 cm³/mol. The number of amides is 1. The highest BCUT2D eigenvalue weighted by molar-refractivity contribution is 5.81. The summed E-state index contributed by atoms with van der Waals surface area (Å²) >= 11 is 0. The van der Waals surface area contributed by atoms with E-state index >= 15 is 0 Å². The molecule has 0 saturated carbocycles. The summed E-state index contributed by atoms with van der Waals surface area (Å²) in [7, 11) is 0. The van der Waals surface area contributed by atoms with Crippen LogP contribution in [0.1, 0.15) is 57.6 Å². The zero-order chi connectivity index (χ0) is 16.3. The first-order valence-electron chi connectivity index (χ1n) is 8.44. The molecule has 3 nitrogen and oxygen atoms in total. The van der Waals surface area contributed by atoms with Crippen molar-refractivity contribution < 1.29 is 9.53 Å². The second-order valence-electron chi connectivity index (χ2n) is 6.94. The van der Waals surface area contributed by atoms with Gasteiger partial charge in [0.05, 0.1) is 0 Å². The zero-order valence-corrected chi connectivity index (χ0v) is 14.6. The van der Waals surface area contributed by atoms with E-state index in [0.717, 1.165) is 37.6 Å². The summed E-state index contributed by atoms with van der Waals surface area (Å²) in [5, 5.41) is 0. The Labute approximate surface area is 134 Å². The number of carbonyl (C=O) groups excluding carboxylic acids is 1. The molecule has 0 radical (unpaired) electrons. The Hall–Kier alpha value is -1.51. The summed E-state index contributed by atoms with van der Waals surface area (Å²) in [5.74, 6) is 2.13. The molecule has 1 heterocycles. The Kier molecular flexibility index (Phi) is 5.49. The Morgan fingerprint density at radius 3 is 2.41 bits per heavy atom. The molecule has 0 aliphatic carbocycles. The molecule has 0 N–H and O–H groups in total. The Balaban J connectivity index is 1.98.